The first-order valence-electron chi connectivity index (χ1n) is 3.87. The Hall–Kier alpha value is -0.600. The molecule has 2 atom stereocenters. The molecule has 62 valence electrons. The molecule has 1 aliphatic heterocycles. The third-order valence-corrected chi connectivity index (χ3v) is 1.64. The SMILES string of the molecule is C/C=C(\C=C(C)C)C1OC1N. The number of rotatable bonds is 2. The Bertz CT molecular complexity index is 202. The van der Waals surface area contributed by atoms with Crippen molar-refractivity contribution in [1.82, 2.24) is 0 Å². The zero-order valence-corrected chi connectivity index (χ0v) is 7.29. The lowest BCUT2D eigenvalue weighted by Gasteiger charge is -1.95. The second-order valence-electron chi connectivity index (χ2n) is 3.03. The van der Waals surface area contributed by atoms with Crippen molar-refractivity contribution in [1.29, 1.82) is 0 Å². The van der Waals surface area contributed by atoms with Crippen LogP contribution in [0.15, 0.2) is 23.3 Å². The van der Waals surface area contributed by atoms with Crippen LogP contribution in [0.5, 0.6) is 0 Å². The fraction of sp³-hybridized carbons (Fsp3) is 0.556. The van der Waals surface area contributed by atoms with Gasteiger partial charge in [0.05, 0.1) is 0 Å². The van der Waals surface area contributed by atoms with E-state index < -0.39 is 0 Å². The summed E-state index contributed by atoms with van der Waals surface area (Å²) < 4.78 is 5.14. The Morgan fingerprint density at radius 3 is 2.27 bits per heavy atom. The number of hydrogen-bond donors (Lipinski definition) is 1. The largest absolute Gasteiger partial charge is 0.348 e. The number of allylic oxidation sites excluding steroid dienone is 2. The fourth-order valence-corrected chi connectivity index (χ4v) is 1.06. The third-order valence-electron chi connectivity index (χ3n) is 1.64. The van der Waals surface area contributed by atoms with Crippen molar-refractivity contribution in [2.24, 2.45) is 5.73 Å². The van der Waals surface area contributed by atoms with Gasteiger partial charge in [-0.3, -0.25) is 0 Å². The summed E-state index contributed by atoms with van der Waals surface area (Å²) >= 11 is 0. The van der Waals surface area contributed by atoms with Crippen LogP contribution in [0.1, 0.15) is 20.8 Å². The molecule has 0 radical (unpaired) electrons. The zero-order valence-electron chi connectivity index (χ0n) is 7.29. The van der Waals surface area contributed by atoms with Gasteiger partial charge in [-0.25, -0.2) is 0 Å². The molecule has 1 rings (SSSR count). The van der Waals surface area contributed by atoms with Gasteiger partial charge < -0.3 is 10.5 Å². The van der Waals surface area contributed by atoms with E-state index in [0.717, 1.165) is 0 Å². The van der Waals surface area contributed by atoms with Crippen molar-refractivity contribution in [3.63, 3.8) is 0 Å². The summed E-state index contributed by atoms with van der Waals surface area (Å²) in [7, 11) is 0. The van der Waals surface area contributed by atoms with Crippen LogP contribution in [0.4, 0.5) is 0 Å². The molecule has 0 aromatic heterocycles. The Morgan fingerprint density at radius 2 is 2.00 bits per heavy atom. The fourth-order valence-electron chi connectivity index (χ4n) is 1.06. The van der Waals surface area contributed by atoms with Crippen LogP contribution in [0.25, 0.3) is 0 Å². The molecule has 1 saturated heterocycles. The summed E-state index contributed by atoms with van der Waals surface area (Å²) in [6.45, 7) is 6.14. The minimum absolute atomic E-state index is 0.0724. The molecular weight excluding hydrogens is 138 g/mol. The van der Waals surface area contributed by atoms with Gasteiger partial charge in [0.2, 0.25) is 0 Å². The number of epoxide rings is 1. The molecule has 1 aliphatic rings. The predicted octanol–water partition coefficient (Wildman–Crippen LogP) is 1.58. The van der Waals surface area contributed by atoms with Crippen molar-refractivity contribution >= 4 is 0 Å². The maximum absolute atomic E-state index is 5.53. The average Bonchev–Trinajstić information content (AvgIpc) is 2.61. The molecule has 0 saturated carbocycles. The van der Waals surface area contributed by atoms with Crippen LogP contribution in [-0.4, -0.2) is 12.3 Å². The third kappa shape index (κ3) is 2.17. The molecule has 1 heterocycles. The minimum Gasteiger partial charge on any atom is -0.348 e. The van der Waals surface area contributed by atoms with Crippen molar-refractivity contribution in [2.45, 2.75) is 33.1 Å². The topological polar surface area (TPSA) is 38.5 Å². The van der Waals surface area contributed by atoms with Crippen molar-refractivity contribution in [3.05, 3.63) is 23.3 Å². The first-order valence-corrected chi connectivity index (χ1v) is 3.87. The van der Waals surface area contributed by atoms with Gasteiger partial charge in [0.15, 0.2) is 0 Å². The number of ether oxygens (including phenoxy) is 1. The van der Waals surface area contributed by atoms with Gasteiger partial charge in [0, 0.05) is 0 Å². The Morgan fingerprint density at radius 1 is 1.45 bits per heavy atom. The second kappa shape index (κ2) is 3.20. The first kappa shape index (κ1) is 8.50. The van der Waals surface area contributed by atoms with E-state index >= 15 is 0 Å². The highest BCUT2D eigenvalue weighted by Gasteiger charge is 2.36. The van der Waals surface area contributed by atoms with Crippen LogP contribution in [0.3, 0.4) is 0 Å². The molecule has 0 aromatic rings. The quantitative estimate of drug-likeness (QED) is 0.483. The van der Waals surface area contributed by atoms with Crippen molar-refractivity contribution in [2.75, 3.05) is 0 Å². The van der Waals surface area contributed by atoms with Crippen molar-refractivity contribution in [3.8, 4) is 0 Å². The monoisotopic (exact) mass is 153 g/mol. The van der Waals surface area contributed by atoms with Crippen LogP contribution in [0.2, 0.25) is 0 Å². The molecule has 0 spiro atoms. The molecule has 2 unspecified atom stereocenters. The lowest BCUT2D eigenvalue weighted by molar-refractivity contribution is 0.390. The van der Waals surface area contributed by atoms with Gasteiger partial charge in [-0.2, -0.15) is 0 Å². The molecule has 0 aliphatic carbocycles. The standard InChI is InChI=1S/C9H15NO/c1-4-7(5-6(2)3)8-9(10)11-8/h4-5,8-9H,10H2,1-3H3/b7-4+. The summed E-state index contributed by atoms with van der Waals surface area (Å²) in [5.74, 6) is 0. The smallest absolute Gasteiger partial charge is 0.137 e. The maximum Gasteiger partial charge on any atom is 0.137 e. The van der Waals surface area contributed by atoms with Gasteiger partial charge in [-0.05, 0) is 26.3 Å². The summed E-state index contributed by atoms with van der Waals surface area (Å²) in [4.78, 5) is 0. The van der Waals surface area contributed by atoms with E-state index in [9.17, 15) is 0 Å². The normalized spacial score (nSPS) is 30.0. The van der Waals surface area contributed by atoms with Gasteiger partial charge in [-0.1, -0.05) is 17.7 Å². The van der Waals surface area contributed by atoms with Crippen LogP contribution >= 0.6 is 0 Å². The predicted molar refractivity (Wildman–Crippen MR) is 46.0 cm³/mol. The Kier molecular flexibility index (Phi) is 2.47. The summed E-state index contributed by atoms with van der Waals surface area (Å²) in [6.07, 6.45) is 4.23. The van der Waals surface area contributed by atoms with E-state index in [1.54, 1.807) is 0 Å². The lowest BCUT2D eigenvalue weighted by Crippen LogP contribution is -2.06. The Balaban J connectivity index is 2.60. The summed E-state index contributed by atoms with van der Waals surface area (Å²) in [5.41, 5.74) is 8.00. The van der Waals surface area contributed by atoms with Gasteiger partial charge in [-0.15, -0.1) is 0 Å². The highest BCUT2D eigenvalue weighted by molar-refractivity contribution is 5.29. The molecule has 2 heteroatoms. The van der Waals surface area contributed by atoms with E-state index in [-0.39, 0.29) is 12.3 Å². The second-order valence-corrected chi connectivity index (χ2v) is 3.03. The minimum atomic E-state index is -0.0724. The molecule has 1 fully saturated rings. The zero-order chi connectivity index (χ0) is 8.43. The average molecular weight is 153 g/mol. The van der Waals surface area contributed by atoms with E-state index in [4.69, 9.17) is 10.5 Å². The molecule has 0 bridgehead atoms. The van der Waals surface area contributed by atoms with E-state index in [1.165, 1.54) is 11.1 Å². The molecule has 0 aromatic carbocycles. The lowest BCUT2D eigenvalue weighted by atomic mass is 10.1. The Labute approximate surface area is 67.7 Å². The first-order chi connectivity index (χ1) is 5.15. The van der Waals surface area contributed by atoms with Gasteiger partial charge in [0.1, 0.15) is 12.3 Å². The van der Waals surface area contributed by atoms with E-state index in [1.807, 2.05) is 13.0 Å². The maximum atomic E-state index is 5.53. The molecule has 2 N–H and O–H groups in total. The number of hydrogen-bond acceptors (Lipinski definition) is 2. The van der Waals surface area contributed by atoms with E-state index in [2.05, 4.69) is 19.9 Å². The summed E-state index contributed by atoms with van der Waals surface area (Å²) in [6, 6.07) is 0. The molecule has 2 nitrogen and oxygen atoms in total. The molecular formula is C9H15NO. The number of nitrogens with two attached hydrogens (primary N) is 1. The van der Waals surface area contributed by atoms with Gasteiger partial charge >= 0.3 is 0 Å². The molecule has 11 heavy (non-hydrogen) atoms. The summed E-state index contributed by atoms with van der Waals surface area (Å²) in [5, 5.41) is 0. The van der Waals surface area contributed by atoms with Crippen LogP contribution < -0.4 is 5.73 Å². The molecule has 0 amide bonds. The van der Waals surface area contributed by atoms with Crippen molar-refractivity contribution < 1.29 is 4.74 Å². The van der Waals surface area contributed by atoms with E-state index in [0.29, 0.717) is 0 Å². The van der Waals surface area contributed by atoms with Gasteiger partial charge in [0.25, 0.3) is 0 Å². The highest BCUT2D eigenvalue weighted by Crippen LogP contribution is 2.26. The van der Waals surface area contributed by atoms with Crippen LogP contribution in [0, 0.1) is 0 Å². The van der Waals surface area contributed by atoms with Crippen LogP contribution in [-0.2, 0) is 4.74 Å². The highest BCUT2D eigenvalue weighted by atomic mass is 16.6.